The second-order valence-corrected chi connectivity index (χ2v) is 4.91. The molecule has 0 saturated carbocycles. The van der Waals surface area contributed by atoms with Crippen molar-refractivity contribution in [3.8, 4) is 0 Å². The zero-order chi connectivity index (χ0) is 13.9. The smallest absolute Gasteiger partial charge is 0.147 e. The van der Waals surface area contributed by atoms with E-state index in [1.54, 1.807) is 12.1 Å². The Labute approximate surface area is 121 Å². The Morgan fingerprint density at radius 2 is 1.90 bits per heavy atom. The molecular weight excluding hydrogens is 275 g/mol. The van der Waals surface area contributed by atoms with E-state index < -0.39 is 0 Å². The molecule has 0 aliphatic carbocycles. The average Bonchev–Trinajstić information content (AvgIpc) is 2.46. The standard InChI is InChI=1S/C16H12ClFN2/c17-12-6-8-16(14(18)9-12)19-10-13-7-5-11-3-1-2-4-15(11)20-13/h1-9,19H,10H2. The van der Waals surface area contributed by atoms with Crippen LogP contribution in [0.3, 0.4) is 0 Å². The maximum absolute atomic E-state index is 13.6. The zero-order valence-electron chi connectivity index (χ0n) is 10.6. The third-order valence-corrected chi connectivity index (χ3v) is 3.28. The molecule has 0 aliphatic rings. The van der Waals surface area contributed by atoms with Gasteiger partial charge in [0, 0.05) is 10.4 Å². The fourth-order valence-corrected chi connectivity index (χ4v) is 2.18. The molecular formula is C16H12ClFN2. The van der Waals surface area contributed by atoms with E-state index >= 15 is 0 Å². The molecule has 0 atom stereocenters. The van der Waals surface area contributed by atoms with E-state index in [4.69, 9.17) is 11.6 Å². The molecule has 20 heavy (non-hydrogen) atoms. The molecule has 1 heterocycles. The van der Waals surface area contributed by atoms with Gasteiger partial charge in [-0.2, -0.15) is 0 Å². The summed E-state index contributed by atoms with van der Waals surface area (Å²) in [5.41, 5.74) is 2.21. The molecule has 1 aromatic heterocycles. The Balaban J connectivity index is 1.79. The summed E-state index contributed by atoms with van der Waals surface area (Å²) in [6.45, 7) is 0.462. The summed E-state index contributed by atoms with van der Waals surface area (Å²) in [6, 6.07) is 16.4. The molecule has 0 saturated heterocycles. The first-order chi connectivity index (χ1) is 9.72. The number of nitrogens with one attached hydrogen (secondary N) is 1. The summed E-state index contributed by atoms with van der Waals surface area (Å²) in [5.74, 6) is -0.363. The summed E-state index contributed by atoms with van der Waals surface area (Å²) in [6.07, 6.45) is 0. The van der Waals surface area contributed by atoms with Crippen LogP contribution in [0.2, 0.25) is 5.02 Å². The van der Waals surface area contributed by atoms with Crippen molar-refractivity contribution in [1.82, 2.24) is 4.98 Å². The SMILES string of the molecule is Fc1cc(Cl)ccc1NCc1ccc2ccccc2n1. The van der Waals surface area contributed by atoms with Crippen molar-refractivity contribution in [3.05, 3.63) is 71.1 Å². The van der Waals surface area contributed by atoms with Crippen LogP contribution in [-0.4, -0.2) is 4.98 Å². The van der Waals surface area contributed by atoms with Crippen LogP contribution in [0.15, 0.2) is 54.6 Å². The van der Waals surface area contributed by atoms with Gasteiger partial charge in [0.1, 0.15) is 5.82 Å². The van der Waals surface area contributed by atoms with Crippen LogP contribution in [0.25, 0.3) is 10.9 Å². The number of pyridine rings is 1. The van der Waals surface area contributed by atoms with Gasteiger partial charge in [-0.25, -0.2) is 4.39 Å². The van der Waals surface area contributed by atoms with E-state index in [2.05, 4.69) is 10.3 Å². The van der Waals surface area contributed by atoms with Gasteiger partial charge >= 0.3 is 0 Å². The Hall–Kier alpha value is -2.13. The van der Waals surface area contributed by atoms with Crippen LogP contribution in [-0.2, 0) is 6.54 Å². The minimum atomic E-state index is -0.363. The third-order valence-electron chi connectivity index (χ3n) is 3.05. The topological polar surface area (TPSA) is 24.9 Å². The molecule has 0 spiro atoms. The predicted octanol–water partition coefficient (Wildman–Crippen LogP) is 4.64. The highest BCUT2D eigenvalue weighted by molar-refractivity contribution is 6.30. The number of aromatic nitrogens is 1. The monoisotopic (exact) mass is 286 g/mol. The summed E-state index contributed by atoms with van der Waals surface area (Å²) in [4.78, 5) is 4.53. The van der Waals surface area contributed by atoms with Gasteiger partial charge in [0.25, 0.3) is 0 Å². The lowest BCUT2D eigenvalue weighted by Crippen LogP contribution is -2.03. The van der Waals surface area contributed by atoms with Gasteiger partial charge in [0.15, 0.2) is 0 Å². The van der Waals surface area contributed by atoms with E-state index in [1.807, 2.05) is 36.4 Å². The Morgan fingerprint density at radius 3 is 2.75 bits per heavy atom. The van der Waals surface area contributed by atoms with Crippen LogP contribution in [0, 0.1) is 5.82 Å². The quantitative estimate of drug-likeness (QED) is 0.759. The number of hydrogen-bond acceptors (Lipinski definition) is 2. The number of fused-ring (bicyclic) bond motifs is 1. The second kappa shape index (κ2) is 5.47. The largest absolute Gasteiger partial charge is 0.377 e. The summed E-state index contributed by atoms with van der Waals surface area (Å²) in [5, 5.41) is 4.50. The van der Waals surface area contributed by atoms with Crippen LogP contribution in [0.1, 0.15) is 5.69 Å². The van der Waals surface area contributed by atoms with Crippen molar-refractivity contribution >= 4 is 28.2 Å². The summed E-state index contributed by atoms with van der Waals surface area (Å²) in [7, 11) is 0. The minimum absolute atomic E-state index is 0.363. The first kappa shape index (κ1) is 12.9. The number of anilines is 1. The lowest BCUT2D eigenvalue weighted by molar-refractivity contribution is 0.630. The van der Waals surface area contributed by atoms with Crippen LogP contribution >= 0.6 is 11.6 Å². The van der Waals surface area contributed by atoms with Crippen LogP contribution in [0.5, 0.6) is 0 Å². The zero-order valence-corrected chi connectivity index (χ0v) is 11.4. The molecule has 2 aromatic carbocycles. The molecule has 0 unspecified atom stereocenters. The Bertz CT molecular complexity index is 758. The highest BCUT2D eigenvalue weighted by Crippen LogP contribution is 2.19. The molecule has 3 aromatic rings. The van der Waals surface area contributed by atoms with Gasteiger partial charge < -0.3 is 5.32 Å². The Kier molecular flexibility index (Phi) is 3.52. The number of para-hydroxylation sites is 1. The molecule has 4 heteroatoms. The van der Waals surface area contributed by atoms with Crippen molar-refractivity contribution < 1.29 is 4.39 Å². The van der Waals surface area contributed by atoms with E-state index in [1.165, 1.54) is 6.07 Å². The lowest BCUT2D eigenvalue weighted by Gasteiger charge is -2.08. The van der Waals surface area contributed by atoms with E-state index in [9.17, 15) is 4.39 Å². The number of rotatable bonds is 3. The fourth-order valence-electron chi connectivity index (χ4n) is 2.03. The Morgan fingerprint density at radius 1 is 1.05 bits per heavy atom. The molecule has 0 fully saturated rings. The molecule has 0 bridgehead atoms. The maximum Gasteiger partial charge on any atom is 0.147 e. The van der Waals surface area contributed by atoms with Crippen LogP contribution < -0.4 is 5.32 Å². The first-order valence-electron chi connectivity index (χ1n) is 6.26. The van der Waals surface area contributed by atoms with Crippen molar-refractivity contribution in [2.75, 3.05) is 5.32 Å². The van der Waals surface area contributed by atoms with E-state index in [0.717, 1.165) is 16.6 Å². The van der Waals surface area contributed by atoms with E-state index in [-0.39, 0.29) is 5.82 Å². The second-order valence-electron chi connectivity index (χ2n) is 4.47. The number of benzene rings is 2. The van der Waals surface area contributed by atoms with Crippen molar-refractivity contribution in [2.45, 2.75) is 6.54 Å². The number of halogens is 2. The van der Waals surface area contributed by atoms with Gasteiger partial charge in [-0.15, -0.1) is 0 Å². The molecule has 3 rings (SSSR count). The van der Waals surface area contributed by atoms with Gasteiger partial charge in [-0.1, -0.05) is 35.9 Å². The van der Waals surface area contributed by atoms with Gasteiger partial charge in [0.05, 0.1) is 23.4 Å². The molecule has 0 aliphatic heterocycles. The average molecular weight is 287 g/mol. The normalized spacial score (nSPS) is 10.7. The number of hydrogen-bond donors (Lipinski definition) is 1. The summed E-state index contributed by atoms with van der Waals surface area (Å²) < 4.78 is 13.6. The van der Waals surface area contributed by atoms with Crippen molar-refractivity contribution in [2.24, 2.45) is 0 Å². The first-order valence-corrected chi connectivity index (χ1v) is 6.64. The highest BCUT2D eigenvalue weighted by Gasteiger charge is 2.03. The molecule has 1 N–H and O–H groups in total. The van der Waals surface area contributed by atoms with E-state index in [0.29, 0.717) is 17.3 Å². The maximum atomic E-state index is 13.6. The molecule has 100 valence electrons. The molecule has 2 nitrogen and oxygen atoms in total. The van der Waals surface area contributed by atoms with Gasteiger partial charge in [0.2, 0.25) is 0 Å². The molecule has 0 amide bonds. The number of nitrogens with zero attached hydrogens (tertiary/aromatic N) is 1. The van der Waals surface area contributed by atoms with Crippen molar-refractivity contribution in [3.63, 3.8) is 0 Å². The van der Waals surface area contributed by atoms with Gasteiger partial charge in [-0.3, -0.25) is 4.98 Å². The van der Waals surface area contributed by atoms with Crippen LogP contribution in [0.4, 0.5) is 10.1 Å². The third kappa shape index (κ3) is 2.73. The lowest BCUT2D eigenvalue weighted by atomic mass is 10.2. The predicted molar refractivity (Wildman–Crippen MR) is 80.5 cm³/mol. The summed E-state index contributed by atoms with van der Waals surface area (Å²) >= 11 is 5.72. The molecule has 0 radical (unpaired) electrons. The highest BCUT2D eigenvalue weighted by atomic mass is 35.5. The fraction of sp³-hybridized carbons (Fsp3) is 0.0625. The minimum Gasteiger partial charge on any atom is -0.377 e. The van der Waals surface area contributed by atoms with Crippen molar-refractivity contribution in [1.29, 1.82) is 0 Å². The van der Waals surface area contributed by atoms with Gasteiger partial charge in [-0.05, 0) is 30.3 Å².